The van der Waals surface area contributed by atoms with Gasteiger partial charge in [0.15, 0.2) is 0 Å². The van der Waals surface area contributed by atoms with E-state index in [0.717, 1.165) is 37.1 Å². The largest absolute Gasteiger partial charge is 0.382 e. The summed E-state index contributed by atoms with van der Waals surface area (Å²) >= 11 is 3.53. The molecule has 18 heavy (non-hydrogen) atoms. The maximum atomic E-state index is 5.40. The second-order valence-corrected chi connectivity index (χ2v) is 5.51. The number of benzene rings is 1. The summed E-state index contributed by atoms with van der Waals surface area (Å²) < 4.78 is 6.57. The summed E-state index contributed by atoms with van der Waals surface area (Å²) in [6.45, 7) is 4.82. The maximum absolute atomic E-state index is 5.40. The molecule has 0 aliphatic carbocycles. The first-order valence-corrected chi connectivity index (χ1v) is 7.52. The highest BCUT2D eigenvalue weighted by atomic mass is 79.9. The van der Waals surface area contributed by atoms with Gasteiger partial charge in [0.05, 0.1) is 0 Å². The van der Waals surface area contributed by atoms with Gasteiger partial charge in [-0.05, 0) is 63.4 Å². The Bertz CT molecular complexity index is 330. The average molecular weight is 314 g/mol. The lowest BCUT2D eigenvalue weighted by Gasteiger charge is -2.16. The lowest BCUT2D eigenvalue weighted by molar-refractivity contribution is 0.139. The van der Waals surface area contributed by atoms with E-state index < -0.39 is 0 Å². The van der Waals surface area contributed by atoms with Crippen LogP contribution < -0.4 is 5.32 Å². The third-order valence-corrected chi connectivity index (χ3v) is 3.50. The summed E-state index contributed by atoms with van der Waals surface area (Å²) in [5, 5.41) is 3.29. The van der Waals surface area contributed by atoms with Crippen molar-refractivity contribution < 1.29 is 4.74 Å². The Kier molecular flexibility index (Phi) is 8.31. The molecule has 3 heteroatoms. The fraction of sp³-hybridized carbons (Fsp3) is 0.600. The van der Waals surface area contributed by atoms with Crippen molar-refractivity contribution in [2.75, 3.05) is 26.8 Å². The highest BCUT2D eigenvalue weighted by Crippen LogP contribution is 2.17. The second-order valence-electron chi connectivity index (χ2n) is 4.60. The molecule has 0 spiro atoms. The minimum Gasteiger partial charge on any atom is -0.382 e. The van der Waals surface area contributed by atoms with Gasteiger partial charge in [-0.3, -0.25) is 0 Å². The Balaban J connectivity index is 2.41. The van der Waals surface area contributed by atoms with Gasteiger partial charge in [0, 0.05) is 17.7 Å². The molecule has 0 saturated heterocycles. The molecule has 0 saturated carbocycles. The zero-order chi connectivity index (χ0) is 13.2. The van der Waals surface area contributed by atoms with Crippen molar-refractivity contribution in [1.29, 1.82) is 0 Å². The zero-order valence-electron chi connectivity index (χ0n) is 11.4. The van der Waals surface area contributed by atoms with E-state index in [-0.39, 0.29) is 0 Å². The fourth-order valence-electron chi connectivity index (χ4n) is 2.18. The molecule has 0 radical (unpaired) electrons. The molecule has 0 aliphatic heterocycles. The van der Waals surface area contributed by atoms with Crippen LogP contribution in [0.5, 0.6) is 0 Å². The van der Waals surface area contributed by atoms with Crippen molar-refractivity contribution in [1.82, 2.24) is 5.32 Å². The minimum absolute atomic E-state index is 0.685. The van der Waals surface area contributed by atoms with Crippen LogP contribution in [0.4, 0.5) is 0 Å². The van der Waals surface area contributed by atoms with Crippen molar-refractivity contribution in [2.24, 2.45) is 5.92 Å². The molecular weight excluding hydrogens is 290 g/mol. The van der Waals surface area contributed by atoms with Crippen molar-refractivity contribution in [3.63, 3.8) is 0 Å². The molecule has 0 aliphatic rings. The summed E-state index contributed by atoms with van der Waals surface area (Å²) in [5.41, 5.74) is 1.40. The van der Waals surface area contributed by atoms with E-state index in [1.807, 2.05) is 14.0 Å². The summed E-state index contributed by atoms with van der Waals surface area (Å²) in [4.78, 5) is 0. The summed E-state index contributed by atoms with van der Waals surface area (Å²) in [5.74, 6) is 0.685. The van der Waals surface area contributed by atoms with Gasteiger partial charge in [-0.25, -0.2) is 0 Å². The van der Waals surface area contributed by atoms with E-state index in [0.29, 0.717) is 5.92 Å². The lowest BCUT2D eigenvalue weighted by Crippen LogP contribution is -2.21. The van der Waals surface area contributed by atoms with E-state index in [4.69, 9.17) is 4.74 Å². The Morgan fingerprint density at radius 2 is 2.22 bits per heavy atom. The van der Waals surface area contributed by atoms with Crippen LogP contribution in [0, 0.1) is 5.92 Å². The number of hydrogen-bond donors (Lipinski definition) is 1. The highest BCUT2D eigenvalue weighted by molar-refractivity contribution is 9.10. The molecule has 2 nitrogen and oxygen atoms in total. The molecule has 0 amide bonds. The molecule has 0 heterocycles. The van der Waals surface area contributed by atoms with Crippen LogP contribution in [0.3, 0.4) is 0 Å². The SMILES string of the molecule is CCOCCCC(CNC)Cc1cccc(Br)c1. The smallest absolute Gasteiger partial charge is 0.0466 e. The van der Waals surface area contributed by atoms with Gasteiger partial charge < -0.3 is 10.1 Å². The minimum atomic E-state index is 0.685. The summed E-state index contributed by atoms with van der Waals surface area (Å²) in [6.07, 6.45) is 3.49. The van der Waals surface area contributed by atoms with Crippen molar-refractivity contribution in [3.8, 4) is 0 Å². The van der Waals surface area contributed by atoms with E-state index in [2.05, 4.69) is 45.5 Å². The second kappa shape index (κ2) is 9.54. The third-order valence-electron chi connectivity index (χ3n) is 3.01. The molecule has 0 bridgehead atoms. The van der Waals surface area contributed by atoms with Gasteiger partial charge in [-0.15, -0.1) is 0 Å². The summed E-state index contributed by atoms with van der Waals surface area (Å²) in [6, 6.07) is 8.60. The molecule has 1 rings (SSSR count). The van der Waals surface area contributed by atoms with E-state index in [1.165, 1.54) is 12.0 Å². The van der Waals surface area contributed by atoms with Gasteiger partial charge in [-0.2, -0.15) is 0 Å². The van der Waals surface area contributed by atoms with Crippen LogP contribution >= 0.6 is 15.9 Å². The maximum Gasteiger partial charge on any atom is 0.0466 e. The van der Waals surface area contributed by atoms with E-state index in [9.17, 15) is 0 Å². The normalized spacial score (nSPS) is 12.6. The molecular formula is C15H24BrNO. The first kappa shape index (κ1) is 15.7. The molecule has 1 unspecified atom stereocenters. The number of hydrogen-bond acceptors (Lipinski definition) is 2. The van der Waals surface area contributed by atoms with Crippen LogP contribution in [-0.2, 0) is 11.2 Å². The number of nitrogens with one attached hydrogen (secondary N) is 1. The van der Waals surface area contributed by atoms with Crippen LogP contribution in [0.2, 0.25) is 0 Å². The number of rotatable bonds is 9. The predicted octanol–water partition coefficient (Wildman–Crippen LogP) is 3.64. The van der Waals surface area contributed by atoms with Crippen LogP contribution in [-0.4, -0.2) is 26.8 Å². The molecule has 1 aromatic carbocycles. The molecule has 102 valence electrons. The fourth-order valence-corrected chi connectivity index (χ4v) is 2.63. The van der Waals surface area contributed by atoms with Gasteiger partial charge in [0.2, 0.25) is 0 Å². The van der Waals surface area contributed by atoms with Gasteiger partial charge in [0.25, 0.3) is 0 Å². The zero-order valence-corrected chi connectivity index (χ0v) is 13.0. The van der Waals surface area contributed by atoms with Gasteiger partial charge >= 0.3 is 0 Å². The number of ether oxygens (including phenoxy) is 1. The Labute approximate surface area is 119 Å². The molecule has 1 atom stereocenters. The standard InChI is InChI=1S/C15H24BrNO/c1-3-18-9-5-7-14(12-17-2)10-13-6-4-8-15(16)11-13/h4,6,8,11,14,17H,3,5,7,9-10,12H2,1-2H3. The van der Waals surface area contributed by atoms with Crippen LogP contribution in [0.25, 0.3) is 0 Å². The summed E-state index contributed by atoms with van der Waals surface area (Å²) in [7, 11) is 2.02. The van der Waals surface area contributed by atoms with Crippen molar-refractivity contribution in [2.45, 2.75) is 26.2 Å². The van der Waals surface area contributed by atoms with Crippen molar-refractivity contribution >= 4 is 15.9 Å². The van der Waals surface area contributed by atoms with Gasteiger partial charge in [0.1, 0.15) is 0 Å². The Morgan fingerprint density at radius 3 is 2.89 bits per heavy atom. The van der Waals surface area contributed by atoms with Crippen LogP contribution in [0.1, 0.15) is 25.3 Å². The van der Waals surface area contributed by atoms with Crippen molar-refractivity contribution in [3.05, 3.63) is 34.3 Å². The first-order valence-electron chi connectivity index (χ1n) is 6.73. The molecule has 1 N–H and O–H groups in total. The van der Waals surface area contributed by atoms with E-state index >= 15 is 0 Å². The molecule has 0 fully saturated rings. The first-order chi connectivity index (χ1) is 8.76. The van der Waals surface area contributed by atoms with Gasteiger partial charge in [-0.1, -0.05) is 28.1 Å². The average Bonchev–Trinajstić information content (AvgIpc) is 2.35. The van der Waals surface area contributed by atoms with E-state index in [1.54, 1.807) is 0 Å². The monoisotopic (exact) mass is 313 g/mol. The Morgan fingerprint density at radius 1 is 1.39 bits per heavy atom. The highest BCUT2D eigenvalue weighted by Gasteiger charge is 2.09. The third kappa shape index (κ3) is 6.53. The molecule has 0 aromatic heterocycles. The van der Waals surface area contributed by atoms with Crippen LogP contribution in [0.15, 0.2) is 28.7 Å². The predicted molar refractivity (Wildman–Crippen MR) is 81.0 cm³/mol. The molecule has 1 aromatic rings. The number of halogens is 1. The Hall–Kier alpha value is -0.380. The lowest BCUT2D eigenvalue weighted by atomic mass is 9.95. The topological polar surface area (TPSA) is 21.3 Å². The quantitative estimate of drug-likeness (QED) is 0.703.